The third-order valence-corrected chi connectivity index (χ3v) is 4.76. The van der Waals surface area contributed by atoms with E-state index in [4.69, 9.17) is 9.47 Å². The molecule has 6 nitrogen and oxygen atoms in total. The molecule has 26 heavy (non-hydrogen) atoms. The number of carbonyl (C=O) groups is 1. The molecule has 0 aliphatic carbocycles. The van der Waals surface area contributed by atoms with Crippen molar-refractivity contribution in [2.45, 2.75) is 19.4 Å². The van der Waals surface area contributed by atoms with Crippen LogP contribution in [0.3, 0.4) is 0 Å². The van der Waals surface area contributed by atoms with Gasteiger partial charge in [0.1, 0.15) is 11.6 Å². The molecule has 4 rings (SSSR count). The third-order valence-electron chi connectivity index (χ3n) is 4.76. The van der Waals surface area contributed by atoms with Crippen LogP contribution in [0.2, 0.25) is 0 Å². The zero-order valence-electron chi connectivity index (χ0n) is 14.7. The van der Waals surface area contributed by atoms with Gasteiger partial charge in [0.05, 0.1) is 25.4 Å². The van der Waals surface area contributed by atoms with Gasteiger partial charge in [0.25, 0.3) is 5.91 Å². The molecule has 0 radical (unpaired) electrons. The van der Waals surface area contributed by atoms with Gasteiger partial charge in [-0.25, -0.2) is 4.98 Å². The molecule has 2 aliphatic heterocycles. The summed E-state index contributed by atoms with van der Waals surface area (Å²) in [5.41, 5.74) is 3.09. The number of ether oxygens (including phenoxy) is 2. The minimum Gasteiger partial charge on any atom is -0.493 e. The highest BCUT2D eigenvalue weighted by Crippen LogP contribution is 2.25. The van der Waals surface area contributed by atoms with Gasteiger partial charge in [-0.15, -0.1) is 0 Å². The Kier molecular flexibility index (Phi) is 5.02. The number of benzene rings is 1. The Morgan fingerprint density at radius 2 is 2.04 bits per heavy atom. The molecule has 6 heteroatoms. The Bertz CT molecular complexity index is 770. The number of hydrogen-bond donors (Lipinski definition) is 1. The van der Waals surface area contributed by atoms with E-state index in [1.54, 1.807) is 6.20 Å². The van der Waals surface area contributed by atoms with Crippen LogP contribution >= 0.6 is 0 Å². The normalized spacial score (nSPS) is 16.5. The molecule has 2 aromatic rings. The minimum atomic E-state index is 0.0158. The Labute approximate surface area is 153 Å². The second kappa shape index (κ2) is 7.74. The van der Waals surface area contributed by atoms with Crippen molar-refractivity contribution in [1.29, 1.82) is 0 Å². The van der Waals surface area contributed by atoms with E-state index in [2.05, 4.69) is 22.4 Å². The molecule has 136 valence electrons. The molecule has 0 bridgehead atoms. The monoisotopic (exact) mass is 353 g/mol. The number of amides is 1. The first-order chi connectivity index (χ1) is 12.8. The molecule has 0 spiro atoms. The van der Waals surface area contributed by atoms with E-state index in [1.807, 2.05) is 23.1 Å². The van der Waals surface area contributed by atoms with Crippen LogP contribution in [0.5, 0.6) is 5.75 Å². The van der Waals surface area contributed by atoms with Crippen molar-refractivity contribution in [2.24, 2.45) is 0 Å². The summed E-state index contributed by atoms with van der Waals surface area (Å²) in [6.45, 7) is 3.98. The number of hydrogen-bond acceptors (Lipinski definition) is 5. The summed E-state index contributed by atoms with van der Waals surface area (Å²) in [6, 6.07) is 10.00. The number of aryl methyl sites for hydroxylation is 1. The fraction of sp³-hybridized carbons (Fsp3) is 0.400. The SMILES string of the molecule is O=C(c1ccc(NCc2ccc3c(c2)CCCO3)nc1)N1CCOCC1. The summed E-state index contributed by atoms with van der Waals surface area (Å²) in [4.78, 5) is 18.6. The fourth-order valence-corrected chi connectivity index (χ4v) is 3.29. The summed E-state index contributed by atoms with van der Waals surface area (Å²) < 4.78 is 10.9. The molecule has 0 saturated carbocycles. The van der Waals surface area contributed by atoms with Gasteiger partial charge in [0.15, 0.2) is 0 Å². The summed E-state index contributed by atoms with van der Waals surface area (Å²) in [5, 5.41) is 3.32. The first-order valence-electron chi connectivity index (χ1n) is 9.11. The van der Waals surface area contributed by atoms with Crippen LogP contribution in [-0.2, 0) is 17.7 Å². The number of nitrogens with zero attached hydrogens (tertiary/aromatic N) is 2. The molecule has 1 fully saturated rings. The Balaban J connectivity index is 1.36. The number of morpholine rings is 1. The van der Waals surface area contributed by atoms with Crippen LogP contribution in [-0.4, -0.2) is 48.7 Å². The number of fused-ring (bicyclic) bond motifs is 1. The number of pyridine rings is 1. The topological polar surface area (TPSA) is 63.7 Å². The van der Waals surface area contributed by atoms with E-state index in [-0.39, 0.29) is 5.91 Å². The van der Waals surface area contributed by atoms with Crippen LogP contribution in [0, 0.1) is 0 Å². The lowest BCUT2D eigenvalue weighted by Crippen LogP contribution is -2.40. The van der Waals surface area contributed by atoms with Gasteiger partial charge in [0, 0.05) is 25.8 Å². The molecule has 1 N–H and O–H groups in total. The summed E-state index contributed by atoms with van der Waals surface area (Å²) >= 11 is 0. The first kappa shape index (κ1) is 16.8. The predicted molar refractivity (Wildman–Crippen MR) is 98.5 cm³/mol. The highest BCUT2D eigenvalue weighted by atomic mass is 16.5. The Morgan fingerprint density at radius 3 is 2.85 bits per heavy atom. The highest BCUT2D eigenvalue weighted by Gasteiger charge is 2.18. The van der Waals surface area contributed by atoms with Crippen LogP contribution in [0.25, 0.3) is 0 Å². The number of carbonyl (C=O) groups excluding carboxylic acids is 1. The molecular formula is C20H23N3O3. The van der Waals surface area contributed by atoms with Gasteiger partial charge in [-0.3, -0.25) is 4.79 Å². The molecule has 2 aliphatic rings. The van der Waals surface area contributed by atoms with E-state index in [9.17, 15) is 4.79 Å². The largest absolute Gasteiger partial charge is 0.493 e. The average Bonchev–Trinajstić information content (AvgIpc) is 2.72. The maximum absolute atomic E-state index is 12.4. The lowest BCUT2D eigenvalue weighted by Gasteiger charge is -2.26. The predicted octanol–water partition coefficient (Wildman–Crippen LogP) is 2.49. The maximum atomic E-state index is 12.4. The summed E-state index contributed by atoms with van der Waals surface area (Å²) in [5.74, 6) is 1.78. The van der Waals surface area contributed by atoms with E-state index in [0.29, 0.717) is 38.4 Å². The Morgan fingerprint density at radius 1 is 1.15 bits per heavy atom. The molecule has 1 aromatic carbocycles. The second-order valence-electron chi connectivity index (χ2n) is 6.58. The first-order valence-corrected chi connectivity index (χ1v) is 9.11. The molecular weight excluding hydrogens is 330 g/mol. The zero-order valence-corrected chi connectivity index (χ0v) is 14.7. The van der Waals surface area contributed by atoms with Crippen molar-refractivity contribution in [3.05, 3.63) is 53.2 Å². The molecule has 1 aromatic heterocycles. The lowest BCUT2D eigenvalue weighted by atomic mass is 10.0. The quantitative estimate of drug-likeness (QED) is 0.915. The average molecular weight is 353 g/mol. The van der Waals surface area contributed by atoms with Crippen molar-refractivity contribution in [2.75, 3.05) is 38.2 Å². The molecule has 3 heterocycles. The van der Waals surface area contributed by atoms with Gasteiger partial charge >= 0.3 is 0 Å². The van der Waals surface area contributed by atoms with Crippen LogP contribution < -0.4 is 10.1 Å². The van der Waals surface area contributed by atoms with Gasteiger partial charge in [-0.1, -0.05) is 12.1 Å². The van der Waals surface area contributed by atoms with Gasteiger partial charge in [-0.2, -0.15) is 0 Å². The van der Waals surface area contributed by atoms with E-state index >= 15 is 0 Å². The van der Waals surface area contributed by atoms with Crippen LogP contribution in [0.1, 0.15) is 27.9 Å². The van der Waals surface area contributed by atoms with Crippen molar-refractivity contribution < 1.29 is 14.3 Å². The number of anilines is 1. The standard InChI is InChI=1S/C20H23N3O3/c24-20(23-7-10-25-11-8-23)17-4-6-19(22-14-17)21-13-15-3-5-18-16(12-15)2-1-9-26-18/h3-6,12,14H,1-2,7-11,13H2,(H,21,22). The van der Waals surface area contributed by atoms with E-state index < -0.39 is 0 Å². The van der Waals surface area contributed by atoms with Crippen molar-refractivity contribution in [1.82, 2.24) is 9.88 Å². The minimum absolute atomic E-state index is 0.0158. The maximum Gasteiger partial charge on any atom is 0.255 e. The third kappa shape index (κ3) is 3.80. The zero-order chi connectivity index (χ0) is 17.8. The van der Waals surface area contributed by atoms with Crippen molar-refractivity contribution in [3.63, 3.8) is 0 Å². The number of nitrogens with one attached hydrogen (secondary N) is 1. The lowest BCUT2D eigenvalue weighted by molar-refractivity contribution is 0.0302. The number of rotatable bonds is 4. The second-order valence-corrected chi connectivity index (χ2v) is 6.58. The smallest absolute Gasteiger partial charge is 0.255 e. The molecule has 0 unspecified atom stereocenters. The molecule has 1 amide bonds. The summed E-state index contributed by atoms with van der Waals surface area (Å²) in [7, 11) is 0. The molecule has 1 saturated heterocycles. The van der Waals surface area contributed by atoms with E-state index in [1.165, 1.54) is 11.1 Å². The van der Waals surface area contributed by atoms with E-state index in [0.717, 1.165) is 31.0 Å². The number of aromatic nitrogens is 1. The molecule has 0 atom stereocenters. The highest BCUT2D eigenvalue weighted by molar-refractivity contribution is 5.94. The summed E-state index contributed by atoms with van der Waals surface area (Å²) in [6.07, 6.45) is 3.78. The van der Waals surface area contributed by atoms with Gasteiger partial charge in [-0.05, 0) is 42.2 Å². The van der Waals surface area contributed by atoms with Gasteiger partial charge < -0.3 is 19.7 Å². The van der Waals surface area contributed by atoms with Crippen LogP contribution in [0.15, 0.2) is 36.5 Å². The fourth-order valence-electron chi connectivity index (χ4n) is 3.29. The van der Waals surface area contributed by atoms with Gasteiger partial charge in [0.2, 0.25) is 0 Å². The van der Waals surface area contributed by atoms with Crippen molar-refractivity contribution >= 4 is 11.7 Å². The van der Waals surface area contributed by atoms with Crippen molar-refractivity contribution in [3.8, 4) is 5.75 Å². The Hall–Kier alpha value is -2.60. The van der Waals surface area contributed by atoms with Crippen LogP contribution in [0.4, 0.5) is 5.82 Å².